The molecule has 3 aromatic rings. The van der Waals surface area contributed by atoms with Crippen LogP contribution in [0, 0.1) is 11.6 Å². The van der Waals surface area contributed by atoms with E-state index in [4.69, 9.17) is 0 Å². The number of halogens is 2. The van der Waals surface area contributed by atoms with Crippen molar-refractivity contribution in [2.24, 2.45) is 0 Å². The molecule has 0 spiro atoms. The molecule has 2 N–H and O–H groups in total. The predicted molar refractivity (Wildman–Crippen MR) is 98.6 cm³/mol. The predicted octanol–water partition coefficient (Wildman–Crippen LogP) is 2.37. The van der Waals surface area contributed by atoms with Gasteiger partial charge >= 0.3 is 6.03 Å². The zero-order valence-corrected chi connectivity index (χ0v) is 15.0. The van der Waals surface area contributed by atoms with Crippen LogP contribution in [0.3, 0.4) is 0 Å². The smallest absolute Gasteiger partial charge is 0.322 e. The molecule has 4 rings (SSSR count). The largest absolute Gasteiger partial charge is 0.391 e. The van der Waals surface area contributed by atoms with Crippen molar-refractivity contribution >= 4 is 28.9 Å². The Morgan fingerprint density at radius 2 is 2.18 bits per heavy atom. The fourth-order valence-electron chi connectivity index (χ4n) is 3.12. The molecule has 0 bridgehead atoms. The van der Waals surface area contributed by atoms with E-state index in [1.807, 2.05) is 0 Å². The number of fused-ring (bicyclic) bond motifs is 1. The number of aliphatic hydroxyl groups is 1. The highest BCUT2D eigenvalue weighted by Crippen LogP contribution is 2.27. The molecule has 0 radical (unpaired) electrons. The standard InChI is InChI=1S/C18H18F2N6O2/c1-24(15-8-11(19)2-3-13(15)20)16-5-7-26-17(23-16)14(9-21-26)22-18(28)25-6-4-12(27)10-25/h2-3,5,7-9,12,27H,4,6,10H2,1H3,(H,22,28)/t12-/m0/s1. The molecule has 3 heterocycles. The van der Waals surface area contributed by atoms with Crippen molar-refractivity contribution in [3.63, 3.8) is 0 Å². The van der Waals surface area contributed by atoms with Gasteiger partial charge in [0.15, 0.2) is 5.65 Å². The highest BCUT2D eigenvalue weighted by atomic mass is 19.1. The quantitative estimate of drug-likeness (QED) is 0.720. The Kier molecular flexibility index (Phi) is 4.55. The summed E-state index contributed by atoms with van der Waals surface area (Å²) < 4.78 is 29.1. The van der Waals surface area contributed by atoms with Crippen molar-refractivity contribution in [1.29, 1.82) is 0 Å². The average Bonchev–Trinajstić information content (AvgIpc) is 3.29. The van der Waals surface area contributed by atoms with Crippen molar-refractivity contribution < 1.29 is 18.7 Å². The number of carbonyl (C=O) groups excluding carboxylic acids is 1. The summed E-state index contributed by atoms with van der Waals surface area (Å²) in [6.07, 6.45) is 3.09. The molecular weight excluding hydrogens is 370 g/mol. The molecule has 146 valence electrons. The Labute approximate surface area is 159 Å². The van der Waals surface area contributed by atoms with Gasteiger partial charge in [0.05, 0.1) is 18.0 Å². The molecular formula is C18H18F2N6O2. The Hall–Kier alpha value is -3.27. The Balaban J connectivity index is 1.62. The average molecular weight is 388 g/mol. The van der Waals surface area contributed by atoms with Crippen LogP contribution in [0.25, 0.3) is 5.65 Å². The van der Waals surface area contributed by atoms with Gasteiger partial charge < -0.3 is 20.2 Å². The number of anilines is 3. The molecule has 1 atom stereocenters. The second kappa shape index (κ2) is 7.04. The van der Waals surface area contributed by atoms with Gasteiger partial charge in [-0.05, 0) is 24.6 Å². The lowest BCUT2D eigenvalue weighted by Crippen LogP contribution is -2.33. The lowest BCUT2D eigenvalue weighted by atomic mass is 10.2. The second-order valence-electron chi connectivity index (χ2n) is 6.59. The number of hydrogen-bond donors (Lipinski definition) is 2. The third-order valence-electron chi connectivity index (χ3n) is 4.66. The van der Waals surface area contributed by atoms with Crippen LogP contribution in [0.5, 0.6) is 0 Å². The first-order valence-corrected chi connectivity index (χ1v) is 8.69. The van der Waals surface area contributed by atoms with Crippen molar-refractivity contribution in [2.45, 2.75) is 12.5 Å². The van der Waals surface area contributed by atoms with Crippen LogP contribution in [0.4, 0.5) is 30.8 Å². The van der Waals surface area contributed by atoms with E-state index in [1.165, 1.54) is 20.5 Å². The number of urea groups is 1. The molecule has 1 aliphatic heterocycles. The van der Waals surface area contributed by atoms with Gasteiger partial charge in [-0.2, -0.15) is 5.10 Å². The molecule has 0 aliphatic carbocycles. The highest BCUT2D eigenvalue weighted by Gasteiger charge is 2.25. The van der Waals surface area contributed by atoms with E-state index < -0.39 is 17.7 Å². The third kappa shape index (κ3) is 3.33. The van der Waals surface area contributed by atoms with Crippen molar-refractivity contribution in [3.05, 3.63) is 48.3 Å². The van der Waals surface area contributed by atoms with Gasteiger partial charge in [-0.1, -0.05) is 0 Å². The number of rotatable bonds is 3. The summed E-state index contributed by atoms with van der Waals surface area (Å²) in [4.78, 5) is 19.7. The number of β-amino-alcohol motifs (C(OH)–C–C–N with tert-alkyl or cyclic N) is 1. The normalized spacial score (nSPS) is 16.6. The second-order valence-corrected chi connectivity index (χ2v) is 6.59. The van der Waals surface area contributed by atoms with Crippen molar-refractivity contribution in [1.82, 2.24) is 19.5 Å². The van der Waals surface area contributed by atoms with Crippen LogP contribution in [-0.4, -0.2) is 56.9 Å². The minimum Gasteiger partial charge on any atom is -0.391 e. The molecule has 0 saturated carbocycles. The molecule has 1 aromatic carbocycles. The number of benzene rings is 1. The van der Waals surface area contributed by atoms with Crippen LogP contribution in [-0.2, 0) is 0 Å². The number of nitrogens with zero attached hydrogens (tertiary/aromatic N) is 5. The Morgan fingerprint density at radius 1 is 1.36 bits per heavy atom. The third-order valence-corrected chi connectivity index (χ3v) is 4.66. The molecule has 1 saturated heterocycles. The summed E-state index contributed by atoms with van der Waals surface area (Å²) in [6.45, 7) is 0.734. The highest BCUT2D eigenvalue weighted by molar-refractivity contribution is 5.93. The van der Waals surface area contributed by atoms with E-state index in [1.54, 1.807) is 19.3 Å². The minimum absolute atomic E-state index is 0.0352. The summed E-state index contributed by atoms with van der Waals surface area (Å²) in [5.74, 6) is -0.792. The monoisotopic (exact) mass is 388 g/mol. The van der Waals surface area contributed by atoms with Crippen molar-refractivity contribution in [2.75, 3.05) is 30.4 Å². The molecule has 2 amide bonds. The molecule has 0 unspecified atom stereocenters. The maximum atomic E-state index is 14.1. The first-order chi connectivity index (χ1) is 13.4. The van der Waals surface area contributed by atoms with Crippen molar-refractivity contribution in [3.8, 4) is 0 Å². The van der Waals surface area contributed by atoms with Gasteiger partial charge in [0.1, 0.15) is 23.1 Å². The fraction of sp³-hybridized carbons (Fsp3) is 0.278. The zero-order valence-electron chi connectivity index (χ0n) is 15.0. The summed E-state index contributed by atoms with van der Waals surface area (Å²) in [5.41, 5.74) is 0.767. The number of nitrogens with one attached hydrogen (secondary N) is 1. The van der Waals surface area contributed by atoms with Gasteiger partial charge in [0.2, 0.25) is 0 Å². The maximum Gasteiger partial charge on any atom is 0.322 e. The number of aromatic nitrogens is 3. The van der Waals surface area contributed by atoms with Gasteiger partial charge in [0.25, 0.3) is 0 Å². The van der Waals surface area contributed by atoms with E-state index >= 15 is 0 Å². The number of hydrogen-bond acceptors (Lipinski definition) is 5. The van der Waals surface area contributed by atoms with Gasteiger partial charge in [-0.15, -0.1) is 0 Å². The number of amides is 2. The molecule has 8 nitrogen and oxygen atoms in total. The van der Waals surface area contributed by atoms with Crippen LogP contribution < -0.4 is 10.2 Å². The number of aliphatic hydroxyl groups excluding tert-OH is 1. The lowest BCUT2D eigenvalue weighted by Gasteiger charge is -2.19. The van der Waals surface area contributed by atoms with E-state index in [9.17, 15) is 18.7 Å². The first-order valence-electron chi connectivity index (χ1n) is 8.69. The van der Waals surface area contributed by atoms with Crippen LogP contribution >= 0.6 is 0 Å². The minimum atomic E-state index is -0.583. The van der Waals surface area contributed by atoms with Crippen LogP contribution in [0.1, 0.15) is 6.42 Å². The van der Waals surface area contributed by atoms with E-state index in [-0.39, 0.29) is 18.3 Å². The molecule has 1 aliphatic rings. The molecule has 1 fully saturated rings. The number of carbonyl (C=O) groups is 1. The summed E-state index contributed by atoms with van der Waals surface area (Å²) in [5, 5.41) is 16.4. The molecule has 10 heteroatoms. The number of likely N-dealkylation sites (tertiary alicyclic amines) is 1. The van der Waals surface area contributed by atoms with Crippen LogP contribution in [0.2, 0.25) is 0 Å². The van der Waals surface area contributed by atoms with E-state index in [0.717, 1.165) is 18.2 Å². The van der Waals surface area contributed by atoms with Gasteiger partial charge in [0, 0.05) is 32.4 Å². The summed E-state index contributed by atoms with van der Waals surface area (Å²) in [7, 11) is 1.57. The van der Waals surface area contributed by atoms with E-state index in [2.05, 4.69) is 15.4 Å². The molecule has 2 aromatic heterocycles. The van der Waals surface area contributed by atoms with Crippen LogP contribution in [0.15, 0.2) is 36.7 Å². The SMILES string of the molecule is CN(c1ccn2ncc(NC(=O)N3CC[C@H](O)C3)c2n1)c1cc(F)ccc1F. The van der Waals surface area contributed by atoms with E-state index in [0.29, 0.717) is 30.1 Å². The van der Waals surface area contributed by atoms with Gasteiger partial charge in [-0.3, -0.25) is 0 Å². The van der Waals surface area contributed by atoms with Gasteiger partial charge in [-0.25, -0.2) is 23.1 Å². The molecule has 28 heavy (non-hydrogen) atoms. The zero-order chi connectivity index (χ0) is 19.8. The summed E-state index contributed by atoms with van der Waals surface area (Å²) >= 11 is 0. The maximum absolute atomic E-state index is 14.1. The Morgan fingerprint density at radius 3 is 2.93 bits per heavy atom. The fourth-order valence-corrected chi connectivity index (χ4v) is 3.12. The topological polar surface area (TPSA) is 86.0 Å². The summed E-state index contributed by atoms with van der Waals surface area (Å²) in [6, 6.07) is 4.42. The lowest BCUT2D eigenvalue weighted by molar-refractivity contribution is 0.176. The Bertz CT molecular complexity index is 1040. The first kappa shape index (κ1) is 18.1.